The van der Waals surface area contributed by atoms with Gasteiger partial charge in [0.2, 0.25) is 5.76 Å². The molecular formula is C15H23NO3. The average Bonchev–Trinajstić information content (AvgIpc) is 2.95. The Kier molecular flexibility index (Phi) is 5.02. The summed E-state index contributed by atoms with van der Waals surface area (Å²) in [5, 5.41) is 0. The topological polar surface area (TPSA) is 65.5 Å². The maximum Gasteiger partial charge on any atom is 0.373 e. The highest BCUT2D eigenvalue weighted by Crippen LogP contribution is 2.30. The Bertz CT molecular complexity index is 407. The number of furan rings is 1. The number of ether oxygens (including phenoxy) is 1. The monoisotopic (exact) mass is 265 g/mol. The molecule has 1 saturated carbocycles. The summed E-state index contributed by atoms with van der Waals surface area (Å²) in [4.78, 5) is 11.3. The van der Waals surface area contributed by atoms with Gasteiger partial charge in [0.1, 0.15) is 5.76 Å². The lowest BCUT2D eigenvalue weighted by molar-refractivity contribution is 0.0562. The molecule has 106 valence electrons. The molecule has 0 radical (unpaired) electrons. The smallest absolute Gasteiger partial charge is 0.373 e. The summed E-state index contributed by atoms with van der Waals surface area (Å²) in [6, 6.07) is 3.28. The van der Waals surface area contributed by atoms with Crippen molar-refractivity contribution in [2.45, 2.75) is 51.0 Å². The van der Waals surface area contributed by atoms with E-state index >= 15 is 0 Å². The second kappa shape index (κ2) is 6.75. The average molecular weight is 265 g/mol. The molecule has 2 N–H and O–H groups in total. The maximum atomic E-state index is 11.3. The summed E-state index contributed by atoms with van der Waals surface area (Å²) in [6.45, 7) is 0. The summed E-state index contributed by atoms with van der Waals surface area (Å²) in [5.41, 5.74) is 6.12. The predicted octanol–water partition coefficient (Wildman–Crippen LogP) is 3.43. The molecule has 1 atom stereocenters. The van der Waals surface area contributed by atoms with Crippen LogP contribution in [0.15, 0.2) is 16.5 Å². The van der Waals surface area contributed by atoms with E-state index in [1.54, 1.807) is 12.1 Å². The van der Waals surface area contributed by atoms with Crippen molar-refractivity contribution in [3.05, 3.63) is 23.7 Å². The molecular weight excluding hydrogens is 242 g/mol. The molecule has 2 rings (SSSR count). The van der Waals surface area contributed by atoms with Crippen LogP contribution in [0.5, 0.6) is 0 Å². The van der Waals surface area contributed by atoms with Gasteiger partial charge in [-0.25, -0.2) is 4.79 Å². The van der Waals surface area contributed by atoms with Gasteiger partial charge < -0.3 is 14.9 Å². The summed E-state index contributed by atoms with van der Waals surface area (Å²) < 4.78 is 10.0. The van der Waals surface area contributed by atoms with Crippen LogP contribution in [-0.2, 0) is 4.74 Å². The minimum Gasteiger partial charge on any atom is -0.463 e. The van der Waals surface area contributed by atoms with Gasteiger partial charge in [-0.05, 0) is 30.9 Å². The maximum absolute atomic E-state index is 11.3. The molecule has 1 aromatic heterocycles. The molecule has 19 heavy (non-hydrogen) atoms. The molecule has 0 saturated heterocycles. The predicted molar refractivity (Wildman–Crippen MR) is 72.8 cm³/mol. The molecule has 1 heterocycles. The van der Waals surface area contributed by atoms with E-state index in [1.807, 2.05) is 0 Å². The van der Waals surface area contributed by atoms with Crippen LogP contribution in [0.3, 0.4) is 0 Å². The fourth-order valence-corrected chi connectivity index (χ4v) is 2.80. The van der Waals surface area contributed by atoms with Gasteiger partial charge in [0.15, 0.2) is 0 Å². The Labute approximate surface area is 114 Å². The zero-order valence-electron chi connectivity index (χ0n) is 11.6. The van der Waals surface area contributed by atoms with Gasteiger partial charge in [0.25, 0.3) is 0 Å². The first-order valence-corrected chi connectivity index (χ1v) is 7.14. The van der Waals surface area contributed by atoms with Crippen molar-refractivity contribution in [1.82, 2.24) is 0 Å². The van der Waals surface area contributed by atoms with Crippen LogP contribution in [0.1, 0.15) is 67.3 Å². The molecule has 4 nitrogen and oxygen atoms in total. The van der Waals surface area contributed by atoms with Crippen molar-refractivity contribution < 1.29 is 13.9 Å². The second-order valence-corrected chi connectivity index (χ2v) is 5.38. The summed E-state index contributed by atoms with van der Waals surface area (Å²) in [6.07, 6.45) is 8.81. The highest BCUT2D eigenvalue weighted by molar-refractivity contribution is 5.86. The number of hydrogen-bond acceptors (Lipinski definition) is 4. The van der Waals surface area contributed by atoms with Crippen LogP contribution < -0.4 is 5.73 Å². The van der Waals surface area contributed by atoms with Crippen molar-refractivity contribution in [2.24, 2.45) is 11.7 Å². The third-order valence-electron chi connectivity index (χ3n) is 3.99. The molecule has 1 aromatic rings. The zero-order valence-corrected chi connectivity index (χ0v) is 11.6. The molecule has 0 spiro atoms. The molecule has 4 heteroatoms. The highest BCUT2D eigenvalue weighted by Gasteiger charge is 2.18. The molecule has 1 aliphatic carbocycles. The Morgan fingerprint density at radius 3 is 2.84 bits per heavy atom. The fraction of sp³-hybridized carbons (Fsp3) is 0.667. The Hall–Kier alpha value is -1.29. The van der Waals surface area contributed by atoms with Gasteiger partial charge in [-0.1, -0.05) is 32.1 Å². The van der Waals surface area contributed by atoms with Crippen LogP contribution in [0.4, 0.5) is 0 Å². The Balaban J connectivity index is 1.83. The third kappa shape index (κ3) is 3.83. The highest BCUT2D eigenvalue weighted by atomic mass is 16.5. The van der Waals surface area contributed by atoms with E-state index in [4.69, 9.17) is 10.2 Å². The lowest BCUT2D eigenvalue weighted by atomic mass is 9.85. The van der Waals surface area contributed by atoms with Crippen molar-refractivity contribution in [2.75, 3.05) is 7.11 Å². The molecule has 0 amide bonds. The van der Waals surface area contributed by atoms with Gasteiger partial charge in [-0.2, -0.15) is 0 Å². The Morgan fingerprint density at radius 2 is 2.16 bits per heavy atom. The summed E-state index contributed by atoms with van der Waals surface area (Å²) in [7, 11) is 1.34. The molecule has 0 bridgehead atoms. The first kappa shape index (κ1) is 14.1. The van der Waals surface area contributed by atoms with Crippen LogP contribution in [0.25, 0.3) is 0 Å². The second-order valence-electron chi connectivity index (χ2n) is 5.38. The first-order chi connectivity index (χ1) is 9.20. The number of hydrogen-bond donors (Lipinski definition) is 1. The zero-order chi connectivity index (χ0) is 13.7. The molecule has 0 aliphatic heterocycles. The van der Waals surface area contributed by atoms with Crippen molar-refractivity contribution in [1.29, 1.82) is 0 Å². The van der Waals surface area contributed by atoms with Crippen LogP contribution in [0.2, 0.25) is 0 Å². The lowest BCUT2D eigenvalue weighted by Gasteiger charge is -2.22. The lowest BCUT2D eigenvalue weighted by Crippen LogP contribution is -2.13. The standard InChI is InChI=1S/C15H23NO3/c1-18-15(17)14-10-9-13(19-14)12(16)8-7-11-5-3-2-4-6-11/h9-12H,2-8,16H2,1H3. The molecule has 1 unspecified atom stereocenters. The van der Waals surface area contributed by atoms with Gasteiger partial charge in [-0.3, -0.25) is 0 Å². The third-order valence-corrected chi connectivity index (χ3v) is 3.99. The van der Waals surface area contributed by atoms with Gasteiger partial charge in [0.05, 0.1) is 13.2 Å². The van der Waals surface area contributed by atoms with Gasteiger partial charge in [-0.15, -0.1) is 0 Å². The van der Waals surface area contributed by atoms with E-state index in [2.05, 4.69) is 4.74 Å². The normalized spacial score (nSPS) is 18.2. The minimum atomic E-state index is -0.453. The van der Waals surface area contributed by atoms with Crippen LogP contribution in [-0.4, -0.2) is 13.1 Å². The Morgan fingerprint density at radius 1 is 1.42 bits per heavy atom. The number of carbonyl (C=O) groups is 1. The summed E-state index contributed by atoms with van der Waals surface area (Å²) in [5.74, 6) is 1.27. The quantitative estimate of drug-likeness (QED) is 0.828. The number of esters is 1. The molecule has 0 aromatic carbocycles. The first-order valence-electron chi connectivity index (χ1n) is 7.14. The fourth-order valence-electron chi connectivity index (χ4n) is 2.80. The van der Waals surface area contributed by atoms with E-state index in [9.17, 15) is 4.79 Å². The number of nitrogens with two attached hydrogens (primary N) is 1. The minimum absolute atomic E-state index is 0.125. The molecule has 1 aliphatic rings. The van der Waals surface area contributed by atoms with Crippen molar-refractivity contribution >= 4 is 5.97 Å². The van der Waals surface area contributed by atoms with Crippen molar-refractivity contribution in [3.63, 3.8) is 0 Å². The number of rotatable bonds is 5. The van der Waals surface area contributed by atoms with Crippen LogP contribution >= 0.6 is 0 Å². The van der Waals surface area contributed by atoms with E-state index in [0.717, 1.165) is 18.8 Å². The number of carbonyl (C=O) groups excluding carboxylic acids is 1. The largest absolute Gasteiger partial charge is 0.463 e. The SMILES string of the molecule is COC(=O)c1ccc(C(N)CCC2CCCCC2)o1. The molecule has 1 fully saturated rings. The van der Waals surface area contributed by atoms with Crippen molar-refractivity contribution in [3.8, 4) is 0 Å². The van der Waals surface area contributed by atoms with Crippen LogP contribution in [0, 0.1) is 5.92 Å². The van der Waals surface area contributed by atoms with E-state index in [0.29, 0.717) is 5.76 Å². The van der Waals surface area contributed by atoms with E-state index < -0.39 is 5.97 Å². The van der Waals surface area contributed by atoms with Gasteiger partial charge >= 0.3 is 5.97 Å². The van der Waals surface area contributed by atoms with Gasteiger partial charge in [0, 0.05) is 0 Å². The van der Waals surface area contributed by atoms with E-state index in [-0.39, 0.29) is 11.8 Å². The number of methoxy groups -OCH3 is 1. The van der Waals surface area contributed by atoms with E-state index in [1.165, 1.54) is 39.2 Å². The summed E-state index contributed by atoms with van der Waals surface area (Å²) >= 11 is 0.